The van der Waals surface area contributed by atoms with Crippen LogP contribution in [0.3, 0.4) is 0 Å². The molecule has 0 fully saturated rings. The molecule has 3 heteroatoms. The zero-order valence-electron chi connectivity index (χ0n) is 15.7. The van der Waals surface area contributed by atoms with Gasteiger partial charge in [-0.1, -0.05) is 96.2 Å². The molecule has 1 aliphatic heterocycles. The Morgan fingerprint density at radius 1 is 0.852 bits per heavy atom. The average Bonchev–Trinajstić information content (AvgIpc) is 3.13. The van der Waals surface area contributed by atoms with Crippen LogP contribution in [0.4, 0.5) is 0 Å². The van der Waals surface area contributed by atoms with Crippen LogP contribution in [-0.4, -0.2) is 5.17 Å². The minimum absolute atomic E-state index is 0.107. The van der Waals surface area contributed by atoms with Crippen LogP contribution in [0.2, 0.25) is 0 Å². The molecule has 0 bridgehead atoms. The lowest BCUT2D eigenvalue weighted by atomic mass is 9.95. The van der Waals surface area contributed by atoms with Crippen molar-refractivity contribution in [1.29, 1.82) is 0 Å². The Morgan fingerprint density at radius 2 is 1.52 bits per heavy atom. The second kappa shape index (κ2) is 8.01. The highest BCUT2D eigenvalue weighted by molar-refractivity contribution is 8.13. The van der Waals surface area contributed by atoms with E-state index in [1.165, 1.54) is 27.8 Å². The Morgan fingerprint density at radius 3 is 2.19 bits per heavy atom. The van der Waals surface area contributed by atoms with Crippen LogP contribution in [0, 0.1) is 13.8 Å². The van der Waals surface area contributed by atoms with Crippen LogP contribution in [0.5, 0.6) is 0 Å². The smallest absolute Gasteiger partial charge is 0.158 e. The maximum Gasteiger partial charge on any atom is 0.158 e. The first-order chi connectivity index (χ1) is 13.2. The van der Waals surface area contributed by atoms with E-state index in [2.05, 4.69) is 98.0 Å². The van der Waals surface area contributed by atoms with E-state index in [1.54, 1.807) is 11.8 Å². The van der Waals surface area contributed by atoms with E-state index in [4.69, 9.17) is 4.99 Å². The normalized spacial score (nSPS) is 18.8. The number of nitrogens with zero attached hydrogens (tertiary/aromatic N) is 1. The van der Waals surface area contributed by atoms with Crippen molar-refractivity contribution >= 4 is 16.9 Å². The summed E-state index contributed by atoms with van der Waals surface area (Å²) in [5, 5.41) is 4.70. The number of thioether (sulfide) groups is 1. The molecule has 2 unspecified atom stereocenters. The highest BCUT2D eigenvalue weighted by Crippen LogP contribution is 2.38. The Kier molecular flexibility index (Phi) is 5.30. The minimum atomic E-state index is 0.107. The fourth-order valence-electron chi connectivity index (χ4n) is 3.53. The molecule has 0 radical (unpaired) electrons. The van der Waals surface area contributed by atoms with Crippen molar-refractivity contribution in [3.8, 4) is 0 Å². The lowest BCUT2D eigenvalue weighted by Crippen LogP contribution is -2.22. The Hall–Kier alpha value is -2.52. The second-order valence-electron chi connectivity index (χ2n) is 7.04. The van der Waals surface area contributed by atoms with Gasteiger partial charge in [-0.2, -0.15) is 0 Å². The first-order valence-corrected chi connectivity index (χ1v) is 10.3. The number of aryl methyl sites for hydroxylation is 2. The largest absolute Gasteiger partial charge is 0.356 e. The van der Waals surface area contributed by atoms with Crippen molar-refractivity contribution in [3.63, 3.8) is 0 Å². The fourth-order valence-corrected chi connectivity index (χ4v) is 4.54. The summed E-state index contributed by atoms with van der Waals surface area (Å²) in [7, 11) is 0. The van der Waals surface area contributed by atoms with E-state index >= 15 is 0 Å². The molecular weight excluding hydrogens is 348 g/mol. The summed E-state index contributed by atoms with van der Waals surface area (Å²) in [6, 6.07) is 28.2. The third kappa shape index (κ3) is 4.09. The highest BCUT2D eigenvalue weighted by atomic mass is 32.2. The number of aliphatic imine (C=N–C) groups is 1. The Bertz CT molecular complexity index is 935. The molecule has 1 N–H and O–H groups in total. The van der Waals surface area contributed by atoms with Crippen LogP contribution in [0.1, 0.15) is 39.9 Å². The van der Waals surface area contributed by atoms with Crippen LogP contribution >= 0.6 is 11.8 Å². The summed E-state index contributed by atoms with van der Waals surface area (Å²) >= 11 is 1.79. The van der Waals surface area contributed by atoms with Crippen molar-refractivity contribution in [1.82, 2.24) is 5.32 Å². The molecule has 3 aromatic carbocycles. The number of nitrogens with one attached hydrogen (secondary N) is 1. The lowest BCUT2D eigenvalue weighted by molar-refractivity contribution is 0.573. The molecule has 2 nitrogen and oxygen atoms in total. The van der Waals surface area contributed by atoms with E-state index in [1.807, 2.05) is 0 Å². The second-order valence-corrected chi connectivity index (χ2v) is 8.01. The standard InChI is InChI=1S/C24H24N2S/c1-17-13-14-21(18(2)15-17)16-27-24-25-22(19-9-5-3-6-10-19)23(26-24)20-11-7-4-8-12-20/h3-15,22-23H,16H2,1-2H3,(H,25,26). The van der Waals surface area contributed by atoms with Crippen molar-refractivity contribution in [2.24, 2.45) is 4.99 Å². The number of benzene rings is 3. The van der Waals surface area contributed by atoms with Crippen LogP contribution in [-0.2, 0) is 5.75 Å². The van der Waals surface area contributed by atoms with E-state index < -0.39 is 0 Å². The molecule has 0 saturated heterocycles. The molecule has 2 atom stereocenters. The Labute approximate surface area is 165 Å². The molecule has 0 aliphatic carbocycles. The van der Waals surface area contributed by atoms with Gasteiger partial charge in [0, 0.05) is 5.75 Å². The third-order valence-electron chi connectivity index (χ3n) is 5.01. The molecule has 136 valence electrons. The Balaban J connectivity index is 1.56. The number of amidine groups is 1. The average molecular weight is 373 g/mol. The molecule has 27 heavy (non-hydrogen) atoms. The van der Waals surface area contributed by atoms with Crippen molar-refractivity contribution in [3.05, 3.63) is 107 Å². The number of rotatable bonds is 4. The van der Waals surface area contributed by atoms with Crippen LogP contribution in [0.15, 0.2) is 83.9 Å². The number of hydrogen-bond acceptors (Lipinski definition) is 3. The van der Waals surface area contributed by atoms with Crippen molar-refractivity contribution in [2.75, 3.05) is 0 Å². The molecule has 3 aromatic rings. The predicted octanol–water partition coefficient (Wildman–Crippen LogP) is 5.98. The van der Waals surface area contributed by atoms with Crippen LogP contribution in [0.25, 0.3) is 0 Å². The van der Waals surface area contributed by atoms with E-state index in [0.29, 0.717) is 0 Å². The molecular formula is C24H24N2S. The number of hydrogen-bond donors (Lipinski definition) is 1. The first-order valence-electron chi connectivity index (χ1n) is 9.34. The molecule has 1 aliphatic rings. The van der Waals surface area contributed by atoms with Gasteiger partial charge in [-0.3, -0.25) is 4.99 Å². The van der Waals surface area contributed by atoms with Gasteiger partial charge in [0.05, 0.1) is 6.04 Å². The topological polar surface area (TPSA) is 24.4 Å². The summed E-state index contributed by atoms with van der Waals surface area (Å²) < 4.78 is 0. The zero-order chi connectivity index (χ0) is 18.6. The maximum atomic E-state index is 5.05. The van der Waals surface area contributed by atoms with Gasteiger partial charge >= 0.3 is 0 Å². The lowest BCUT2D eigenvalue weighted by Gasteiger charge is -2.19. The van der Waals surface area contributed by atoms with Gasteiger partial charge in [-0.15, -0.1) is 0 Å². The first kappa shape index (κ1) is 17.9. The van der Waals surface area contributed by atoms with Gasteiger partial charge in [0.2, 0.25) is 0 Å². The van der Waals surface area contributed by atoms with Crippen molar-refractivity contribution < 1.29 is 0 Å². The van der Waals surface area contributed by atoms with Crippen molar-refractivity contribution in [2.45, 2.75) is 31.7 Å². The van der Waals surface area contributed by atoms with E-state index in [0.717, 1.165) is 10.9 Å². The highest BCUT2D eigenvalue weighted by Gasteiger charge is 2.31. The van der Waals surface area contributed by atoms with Crippen LogP contribution < -0.4 is 5.32 Å². The van der Waals surface area contributed by atoms with Gasteiger partial charge in [0.15, 0.2) is 5.17 Å². The third-order valence-corrected chi connectivity index (χ3v) is 5.97. The summed E-state index contributed by atoms with van der Waals surface area (Å²) in [6.45, 7) is 4.33. The summed E-state index contributed by atoms with van der Waals surface area (Å²) in [5.41, 5.74) is 6.55. The predicted molar refractivity (Wildman–Crippen MR) is 116 cm³/mol. The quantitative estimate of drug-likeness (QED) is 0.609. The van der Waals surface area contributed by atoms with Gasteiger partial charge in [-0.05, 0) is 36.1 Å². The molecule has 0 saturated carbocycles. The molecule has 0 aromatic heterocycles. The molecule has 0 amide bonds. The fraction of sp³-hybridized carbons (Fsp3) is 0.208. The van der Waals surface area contributed by atoms with Gasteiger partial charge in [-0.25, -0.2) is 0 Å². The van der Waals surface area contributed by atoms with Gasteiger partial charge in [0.1, 0.15) is 6.04 Å². The summed E-state index contributed by atoms with van der Waals surface area (Å²) in [5.74, 6) is 0.932. The molecule has 1 heterocycles. The van der Waals surface area contributed by atoms with Gasteiger partial charge in [0.25, 0.3) is 0 Å². The molecule has 4 rings (SSSR count). The molecule has 0 spiro atoms. The monoisotopic (exact) mass is 372 g/mol. The zero-order valence-corrected chi connectivity index (χ0v) is 16.5. The minimum Gasteiger partial charge on any atom is -0.356 e. The van der Waals surface area contributed by atoms with E-state index in [-0.39, 0.29) is 12.1 Å². The van der Waals surface area contributed by atoms with E-state index in [9.17, 15) is 0 Å². The maximum absolute atomic E-state index is 5.05. The summed E-state index contributed by atoms with van der Waals surface area (Å²) in [6.07, 6.45) is 0. The van der Waals surface area contributed by atoms with Gasteiger partial charge < -0.3 is 5.32 Å². The summed E-state index contributed by atoms with van der Waals surface area (Å²) in [4.78, 5) is 5.05. The SMILES string of the molecule is Cc1ccc(CSC2=NC(c3ccccc3)C(c3ccccc3)N2)c(C)c1.